The zero-order valence-electron chi connectivity index (χ0n) is 17.2. The molecular weight excluding hydrogens is 455 g/mol. The molecule has 1 aromatic carbocycles. The molecule has 0 aliphatic carbocycles. The molecular formula is C20H35IN4O2. The first kappa shape index (κ1) is 23.8. The summed E-state index contributed by atoms with van der Waals surface area (Å²) in [5.74, 6) is 3.16. The minimum Gasteiger partial charge on any atom is -0.497 e. The number of rotatable bonds is 8. The molecule has 1 heterocycles. The number of hydrogen-bond donors (Lipinski definition) is 2. The molecule has 1 aromatic rings. The van der Waals surface area contributed by atoms with Gasteiger partial charge in [-0.3, -0.25) is 9.89 Å². The molecule has 1 atom stereocenters. The molecule has 0 saturated carbocycles. The van der Waals surface area contributed by atoms with E-state index in [4.69, 9.17) is 9.47 Å². The van der Waals surface area contributed by atoms with E-state index in [-0.39, 0.29) is 24.0 Å². The van der Waals surface area contributed by atoms with Gasteiger partial charge in [-0.2, -0.15) is 0 Å². The van der Waals surface area contributed by atoms with E-state index in [2.05, 4.69) is 53.4 Å². The van der Waals surface area contributed by atoms with Gasteiger partial charge < -0.3 is 20.1 Å². The van der Waals surface area contributed by atoms with Crippen LogP contribution >= 0.6 is 24.0 Å². The van der Waals surface area contributed by atoms with Crippen molar-refractivity contribution in [2.75, 3.05) is 40.4 Å². The number of guanidine groups is 1. The van der Waals surface area contributed by atoms with Gasteiger partial charge in [-0.25, -0.2) is 0 Å². The zero-order valence-corrected chi connectivity index (χ0v) is 19.6. The Kier molecular flexibility index (Phi) is 10.8. The number of nitrogens with one attached hydrogen (secondary N) is 2. The van der Waals surface area contributed by atoms with Crippen LogP contribution in [0, 0.1) is 5.92 Å². The van der Waals surface area contributed by atoms with Crippen LogP contribution in [0.4, 0.5) is 0 Å². The second kappa shape index (κ2) is 12.3. The van der Waals surface area contributed by atoms with E-state index >= 15 is 0 Å². The molecule has 0 amide bonds. The molecule has 0 radical (unpaired) electrons. The van der Waals surface area contributed by atoms with Gasteiger partial charge in [0.05, 0.1) is 14.2 Å². The third-order valence-corrected chi connectivity index (χ3v) is 4.39. The minimum atomic E-state index is 0. The Morgan fingerprint density at radius 1 is 1.22 bits per heavy atom. The van der Waals surface area contributed by atoms with Crippen molar-refractivity contribution in [1.29, 1.82) is 0 Å². The van der Waals surface area contributed by atoms with E-state index in [0.717, 1.165) is 56.6 Å². The van der Waals surface area contributed by atoms with Crippen LogP contribution in [-0.2, 0) is 6.54 Å². The molecule has 1 aliphatic rings. The largest absolute Gasteiger partial charge is 0.497 e. The maximum atomic E-state index is 5.37. The van der Waals surface area contributed by atoms with Gasteiger partial charge in [0.2, 0.25) is 0 Å². The number of likely N-dealkylation sites (tertiary alicyclic amines) is 1. The third kappa shape index (κ3) is 8.13. The zero-order chi connectivity index (χ0) is 18.9. The van der Waals surface area contributed by atoms with Gasteiger partial charge >= 0.3 is 0 Å². The highest BCUT2D eigenvalue weighted by molar-refractivity contribution is 14.0. The van der Waals surface area contributed by atoms with Gasteiger partial charge in [-0.05, 0) is 37.0 Å². The number of ether oxygens (including phenoxy) is 2. The van der Waals surface area contributed by atoms with Gasteiger partial charge in [0.15, 0.2) is 5.96 Å². The SMILES string of the molecule is CCNC(=NCC(C)C)NC1CCN(Cc2cc(OC)cc(OC)c2)C1.I. The molecule has 6 nitrogen and oxygen atoms in total. The molecule has 0 bridgehead atoms. The standard InChI is InChI=1S/C20H34N4O2.HI/c1-6-21-20(22-12-15(2)3)23-17-7-8-24(14-17)13-16-9-18(25-4)11-19(10-16)26-5;/h9-11,15,17H,6-8,12-14H2,1-5H3,(H2,21,22,23);1H. The Bertz CT molecular complexity index is 573. The summed E-state index contributed by atoms with van der Waals surface area (Å²) in [5, 5.41) is 6.93. The van der Waals surface area contributed by atoms with Crippen molar-refractivity contribution < 1.29 is 9.47 Å². The topological polar surface area (TPSA) is 58.1 Å². The number of benzene rings is 1. The molecule has 7 heteroatoms. The second-order valence-corrected chi connectivity index (χ2v) is 7.20. The predicted octanol–water partition coefficient (Wildman–Crippen LogP) is 3.11. The average molecular weight is 490 g/mol. The van der Waals surface area contributed by atoms with Gasteiger partial charge in [-0.1, -0.05) is 13.8 Å². The Morgan fingerprint density at radius 2 is 1.89 bits per heavy atom. The van der Waals surface area contributed by atoms with Crippen molar-refractivity contribution >= 4 is 29.9 Å². The Balaban J connectivity index is 0.00000364. The number of halogens is 1. The Labute approximate surface area is 181 Å². The second-order valence-electron chi connectivity index (χ2n) is 7.20. The molecule has 2 rings (SSSR count). The molecule has 27 heavy (non-hydrogen) atoms. The van der Waals surface area contributed by atoms with Crippen LogP contribution in [0.2, 0.25) is 0 Å². The first-order chi connectivity index (χ1) is 12.5. The number of nitrogens with zero attached hydrogens (tertiary/aromatic N) is 2. The maximum absolute atomic E-state index is 5.37. The van der Waals surface area contributed by atoms with Crippen molar-refractivity contribution in [3.8, 4) is 11.5 Å². The summed E-state index contributed by atoms with van der Waals surface area (Å²) in [7, 11) is 3.38. The van der Waals surface area contributed by atoms with Crippen LogP contribution < -0.4 is 20.1 Å². The van der Waals surface area contributed by atoms with Crippen molar-refractivity contribution in [3.63, 3.8) is 0 Å². The predicted molar refractivity (Wildman–Crippen MR) is 123 cm³/mol. The van der Waals surface area contributed by atoms with Gasteiger partial charge in [0.1, 0.15) is 11.5 Å². The average Bonchev–Trinajstić information content (AvgIpc) is 3.06. The summed E-state index contributed by atoms with van der Waals surface area (Å²) in [6, 6.07) is 6.49. The normalized spacial score (nSPS) is 17.6. The fourth-order valence-corrected chi connectivity index (χ4v) is 3.10. The molecule has 1 saturated heterocycles. The van der Waals surface area contributed by atoms with E-state index < -0.39 is 0 Å². The summed E-state index contributed by atoms with van der Waals surface area (Å²) < 4.78 is 10.7. The quantitative estimate of drug-likeness (QED) is 0.333. The minimum absolute atomic E-state index is 0. The highest BCUT2D eigenvalue weighted by Gasteiger charge is 2.23. The first-order valence-corrected chi connectivity index (χ1v) is 9.53. The highest BCUT2D eigenvalue weighted by Crippen LogP contribution is 2.24. The summed E-state index contributed by atoms with van der Waals surface area (Å²) in [4.78, 5) is 7.13. The van der Waals surface area contributed by atoms with Gasteiger partial charge in [-0.15, -0.1) is 24.0 Å². The molecule has 2 N–H and O–H groups in total. The van der Waals surface area contributed by atoms with E-state index in [9.17, 15) is 0 Å². The van der Waals surface area contributed by atoms with Crippen molar-refractivity contribution in [2.24, 2.45) is 10.9 Å². The fourth-order valence-electron chi connectivity index (χ4n) is 3.10. The monoisotopic (exact) mass is 490 g/mol. The van der Waals surface area contributed by atoms with Crippen LogP contribution in [0.3, 0.4) is 0 Å². The molecule has 1 aliphatic heterocycles. The summed E-state index contributed by atoms with van der Waals surface area (Å²) in [5.41, 5.74) is 1.21. The van der Waals surface area contributed by atoms with Crippen LogP contribution in [0.5, 0.6) is 11.5 Å². The van der Waals surface area contributed by atoms with Crippen molar-refractivity contribution in [2.45, 2.75) is 39.8 Å². The van der Waals surface area contributed by atoms with Crippen LogP contribution in [-0.4, -0.2) is 57.3 Å². The molecule has 1 unspecified atom stereocenters. The lowest BCUT2D eigenvalue weighted by Gasteiger charge is -2.19. The maximum Gasteiger partial charge on any atom is 0.191 e. The Morgan fingerprint density at radius 3 is 2.44 bits per heavy atom. The molecule has 0 aromatic heterocycles. The Hall–Kier alpha value is -1.22. The summed E-state index contributed by atoms with van der Waals surface area (Å²) >= 11 is 0. The van der Waals surface area contributed by atoms with Crippen LogP contribution in [0.1, 0.15) is 32.8 Å². The number of hydrogen-bond acceptors (Lipinski definition) is 4. The lowest BCUT2D eigenvalue weighted by molar-refractivity contribution is 0.321. The summed E-state index contributed by atoms with van der Waals surface area (Å²) in [6.45, 7) is 11.2. The van der Waals surface area contributed by atoms with Crippen molar-refractivity contribution in [3.05, 3.63) is 23.8 Å². The third-order valence-electron chi connectivity index (χ3n) is 4.39. The number of methoxy groups -OCH3 is 2. The van der Waals surface area contributed by atoms with E-state index in [1.54, 1.807) is 14.2 Å². The molecule has 0 spiro atoms. The first-order valence-electron chi connectivity index (χ1n) is 9.53. The van der Waals surface area contributed by atoms with E-state index in [1.807, 2.05) is 6.07 Å². The van der Waals surface area contributed by atoms with Gasteiger partial charge in [0.25, 0.3) is 0 Å². The molecule has 1 fully saturated rings. The van der Waals surface area contributed by atoms with Crippen LogP contribution in [0.15, 0.2) is 23.2 Å². The van der Waals surface area contributed by atoms with E-state index in [1.165, 1.54) is 5.56 Å². The summed E-state index contributed by atoms with van der Waals surface area (Å²) in [6.07, 6.45) is 1.12. The van der Waals surface area contributed by atoms with Gasteiger partial charge in [0, 0.05) is 44.8 Å². The van der Waals surface area contributed by atoms with E-state index in [0.29, 0.717) is 12.0 Å². The molecule has 154 valence electrons. The fraction of sp³-hybridized carbons (Fsp3) is 0.650. The highest BCUT2D eigenvalue weighted by atomic mass is 127. The lowest BCUT2D eigenvalue weighted by atomic mass is 10.2. The smallest absolute Gasteiger partial charge is 0.191 e. The van der Waals surface area contributed by atoms with Crippen LogP contribution in [0.25, 0.3) is 0 Å². The van der Waals surface area contributed by atoms with Crippen molar-refractivity contribution in [1.82, 2.24) is 15.5 Å². The lowest BCUT2D eigenvalue weighted by Crippen LogP contribution is -2.44. The number of aliphatic imine (C=N–C) groups is 1.